The molecule has 0 aliphatic carbocycles. The maximum atomic E-state index is 12.8. The van der Waals surface area contributed by atoms with Gasteiger partial charge in [-0.05, 0) is 12.8 Å². The zero-order valence-electron chi connectivity index (χ0n) is 26.3. The van der Waals surface area contributed by atoms with Crippen LogP contribution in [0.5, 0.6) is 0 Å². The van der Waals surface area contributed by atoms with Gasteiger partial charge in [-0.25, -0.2) is 15.0 Å². The van der Waals surface area contributed by atoms with Gasteiger partial charge < -0.3 is 25.1 Å². The normalized spacial score (nSPS) is 20.1. The third kappa shape index (κ3) is 11.3. The second-order valence-corrected chi connectivity index (χ2v) is 11.7. The minimum absolute atomic E-state index is 0.149. The molecule has 11 nitrogen and oxygen atoms in total. The number of rotatable bonds is 22. The van der Waals surface area contributed by atoms with E-state index in [1.165, 1.54) is 76.9 Å². The zero-order chi connectivity index (χ0) is 30.9. The van der Waals surface area contributed by atoms with Gasteiger partial charge in [0.25, 0.3) is 0 Å². The largest absolute Gasteiger partial charge is 0.463 e. The molecule has 4 atom stereocenters. The summed E-state index contributed by atoms with van der Waals surface area (Å²) in [5.41, 5.74) is 6.73. The number of aliphatic hydroxyl groups is 1. The molecule has 3 heterocycles. The summed E-state index contributed by atoms with van der Waals surface area (Å²) in [6.07, 6.45) is 17.3. The molecule has 2 aromatic heterocycles. The number of aromatic nitrogens is 4. The quantitative estimate of drug-likeness (QED) is 0.118. The fourth-order valence-electron chi connectivity index (χ4n) is 5.53. The summed E-state index contributed by atoms with van der Waals surface area (Å²) in [7, 11) is 0. The van der Waals surface area contributed by atoms with Gasteiger partial charge in [-0.3, -0.25) is 14.2 Å². The highest BCUT2D eigenvalue weighted by Gasteiger charge is 2.48. The predicted octanol–water partition coefficient (Wildman–Crippen LogP) is 6.18. The number of nitrogen functional groups attached to an aromatic ring is 1. The summed E-state index contributed by atoms with van der Waals surface area (Å²) in [6, 6.07) is 0. The van der Waals surface area contributed by atoms with Crippen LogP contribution < -0.4 is 5.73 Å². The first kappa shape index (κ1) is 34.7. The van der Waals surface area contributed by atoms with Gasteiger partial charge in [-0.1, -0.05) is 104 Å². The number of nitrogens with zero attached hydrogens (tertiary/aromatic N) is 4. The molecule has 1 aliphatic heterocycles. The first-order chi connectivity index (χ1) is 21.0. The summed E-state index contributed by atoms with van der Waals surface area (Å²) >= 11 is 0. The monoisotopic (exact) mass is 603 g/mol. The molecule has 0 unspecified atom stereocenters. The molecule has 3 rings (SSSR count). The Labute approximate surface area is 256 Å². The van der Waals surface area contributed by atoms with Crippen molar-refractivity contribution in [2.24, 2.45) is 0 Å². The van der Waals surface area contributed by atoms with Crippen LogP contribution in [-0.2, 0) is 23.8 Å². The number of anilines is 1. The van der Waals surface area contributed by atoms with E-state index in [0.29, 0.717) is 17.6 Å². The Hall–Kier alpha value is -2.79. The Morgan fingerprint density at radius 3 is 2.00 bits per heavy atom. The van der Waals surface area contributed by atoms with Gasteiger partial charge in [-0.15, -0.1) is 0 Å². The van der Waals surface area contributed by atoms with Gasteiger partial charge in [-0.2, -0.15) is 0 Å². The molecule has 2 aromatic rings. The van der Waals surface area contributed by atoms with Crippen molar-refractivity contribution in [3.63, 3.8) is 0 Å². The number of carbonyl (C=O) groups is 2. The molecule has 1 saturated heterocycles. The molecule has 0 saturated carbocycles. The van der Waals surface area contributed by atoms with Crippen molar-refractivity contribution in [1.29, 1.82) is 0 Å². The number of imidazole rings is 1. The van der Waals surface area contributed by atoms with Crippen LogP contribution in [0.4, 0.5) is 5.82 Å². The Bertz CT molecular complexity index is 1100. The fraction of sp³-hybridized carbons (Fsp3) is 0.781. The van der Waals surface area contributed by atoms with Crippen LogP contribution in [0.3, 0.4) is 0 Å². The SMILES string of the molecule is CCCCCCCCCCC(=O)OC[C@H]1O[C@@H](n2cnc3c(N)ncnc32)[C@H](OC(=O)CCCCCCCCCC)[C@@H]1O. The number of carbonyl (C=O) groups excluding carboxylic acids is 2. The van der Waals surface area contributed by atoms with Crippen LogP contribution in [0.25, 0.3) is 11.2 Å². The number of esters is 2. The molecule has 11 heteroatoms. The van der Waals surface area contributed by atoms with E-state index < -0.39 is 30.5 Å². The molecular weight excluding hydrogens is 550 g/mol. The molecule has 3 N–H and O–H groups in total. The third-order valence-corrected chi connectivity index (χ3v) is 8.12. The average Bonchev–Trinajstić information content (AvgIpc) is 3.56. The second kappa shape index (κ2) is 19.5. The maximum absolute atomic E-state index is 12.8. The highest BCUT2D eigenvalue weighted by molar-refractivity contribution is 5.81. The van der Waals surface area contributed by atoms with Gasteiger partial charge in [0, 0.05) is 12.8 Å². The van der Waals surface area contributed by atoms with E-state index in [4.69, 9.17) is 19.9 Å². The van der Waals surface area contributed by atoms with Crippen molar-refractivity contribution < 1.29 is 28.9 Å². The van der Waals surface area contributed by atoms with E-state index in [9.17, 15) is 14.7 Å². The summed E-state index contributed by atoms with van der Waals surface area (Å²) < 4.78 is 19.0. The number of hydrogen-bond donors (Lipinski definition) is 2. The third-order valence-electron chi connectivity index (χ3n) is 8.12. The number of fused-ring (bicyclic) bond motifs is 1. The predicted molar refractivity (Wildman–Crippen MR) is 165 cm³/mol. The lowest BCUT2D eigenvalue weighted by Crippen LogP contribution is -2.37. The molecule has 0 spiro atoms. The fourth-order valence-corrected chi connectivity index (χ4v) is 5.53. The van der Waals surface area contributed by atoms with Crippen LogP contribution in [-0.4, -0.2) is 61.5 Å². The Kier molecular flexibility index (Phi) is 15.7. The molecule has 0 radical (unpaired) electrons. The molecule has 0 aromatic carbocycles. The standard InChI is InChI=1S/C32H53N5O6/c1-3-5-7-9-11-13-15-17-19-25(38)41-21-24-28(40)29(43-26(39)20-18-16-14-12-10-8-6-4-2)32(42-24)37-23-36-27-30(33)34-22-35-31(27)37/h22-24,28-29,32,40H,3-21H2,1-2H3,(H2,33,34,35)/t24-,28-,29-,32-/m1/s1. The van der Waals surface area contributed by atoms with Crippen molar-refractivity contribution >= 4 is 28.9 Å². The molecular formula is C32H53N5O6. The highest BCUT2D eigenvalue weighted by Crippen LogP contribution is 2.34. The number of unbranched alkanes of at least 4 members (excludes halogenated alkanes) is 14. The lowest BCUT2D eigenvalue weighted by atomic mass is 10.1. The lowest BCUT2D eigenvalue weighted by Gasteiger charge is -2.22. The molecule has 0 bridgehead atoms. The van der Waals surface area contributed by atoms with E-state index in [1.54, 1.807) is 4.57 Å². The van der Waals surface area contributed by atoms with Gasteiger partial charge >= 0.3 is 11.9 Å². The number of aliphatic hydroxyl groups excluding tert-OH is 1. The van der Waals surface area contributed by atoms with Gasteiger partial charge in [0.05, 0.1) is 6.33 Å². The summed E-state index contributed by atoms with van der Waals surface area (Å²) in [5, 5.41) is 11.2. The smallest absolute Gasteiger partial charge is 0.306 e. The van der Waals surface area contributed by atoms with Crippen molar-refractivity contribution in [1.82, 2.24) is 19.5 Å². The molecule has 43 heavy (non-hydrogen) atoms. The van der Waals surface area contributed by atoms with E-state index >= 15 is 0 Å². The van der Waals surface area contributed by atoms with Crippen molar-refractivity contribution in [2.75, 3.05) is 12.3 Å². The first-order valence-corrected chi connectivity index (χ1v) is 16.6. The second-order valence-electron chi connectivity index (χ2n) is 11.7. The van der Waals surface area contributed by atoms with Gasteiger partial charge in [0.1, 0.15) is 30.7 Å². The summed E-state index contributed by atoms with van der Waals surface area (Å²) in [6.45, 7) is 4.26. The topological polar surface area (TPSA) is 152 Å². The molecule has 1 fully saturated rings. The molecule has 242 valence electrons. The van der Waals surface area contributed by atoms with Crippen molar-refractivity contribution in [2.45, 2.75) is 154 Å². The Morgan fingerprint density at radius 2 is 1.40 bits per heavy atom. The summed E-state index contributed by atoms with van der Waals surface area (Å²) in [5.74, 6) is -0.534. The maximum Gasteiger partial charge on any atom is 0.306 e. The highest BCUT2D eigenvalue weighted by atomic mass is 16.6. The van der Waals surface area contributed by atoms with Crippen LogP contribution in [0.1, 0.15) is 136 Å². The lowest BCUT2D eigenvalue weighted by molar-refractivity contribution is -0.158. The molecule has 1 aliphatic rings. The van der Waals surface area contributed by atoms with E-state index in [2.05, 4.69) is 28.8 Å². The first-order valence-electron chi connectivity index (χ1n) is 16.6. The van der Waals surface area contributed by atoms with Crippen LogP contribution in [0.2, 0.25) is 0 Å². The molecule has 0 amide bonds. The minimum atomic E-state index is -1.21. The van der Waals surface area contributed by atoms with Crippen molar-refractivity contribution in [3.8, 4) is 0 Å². The number of ether oxygens (including phenoxy) is 3. The van der Waals surface area contributed by atoms with Crippen LogP contribution in [0.15, 0.2) is 12.7 Å². The van der Waals surface area contributed by atoms with Crippen LogP contribution >= 0.6 is 0 Å². The number of hydrogen-bond acceptors (Lipinski definition) is 10. The minimum Gasteiger partial charge on any atom is -0.463 e. The zero-order valence-corrected chi connectivity index (χ0v) is 26.3. The van der Waals surface area contributed by atoms with Gasteiger partial charge in [0.2, 0.25) is 0 Å². The van der Waals surface area contributed by atoms with E-state index in [1.807, 2.05) is 0 Å². The van der Waals surface area contributed by atoms with Crippen molar-refractivity contribution in [3.05, 3.63) is 12.7 Å². The van der Waals surface area contributed by atoms with E-state index in [0.717, 1.165) is 38.5 Å². The summed E-state index contributed by atoms with van der Waals surface area (Å²) in [4.78, 5) is 37.8. The Morgan fingerprint density at radius 1 is 0.837 bits per heavy atom. The van der Waals surface area contributed by atoms with Crippen LogP contribution in [0, 0.1) is 0 Å². The van der Waals surface area contributed by atoms with E-state index in [-0.39, 0.29) is 24.8 Å². The van der Waals surface area contributed by atoms with Gasteiger partial charge in [0.15, 0.2) is 23.8 Å². The number of nitrogens with two attached hydrogens (primary N) is 1. The Balaban J connectivity index is 1.52. The average molecular weight is 604 g/mol.